The highest BCUT2D eigenvalue weighted by Crippen LogP contribution is 2.48. The summed E-state index contributed by atoms with van der Waals surface area (Å²) in [5, 5.41) is 1.74. The summed E-state index contributed by atoms with van der Waals surface area (Å²) in [6, 6.07) is 14.2. The molecule has 0 bridgehead atoms. The Morgan fingerprint density at radius 2 is 0.911 bits per heavy atom. The van der Waals surface area contributed by atoms with Gasteiger partial charge in [-0.05, 0) is 66.5 Å². The average Bonchev–Trinajstić information content (AvgIpc) is 3.65. The second-order valence-corrected chi connectivity index (χ2v) is 10.5. The zero-order chi connectivity index (χ0) is 42.8. The van der Waals surface area contributed by atoms with Crippen LogP contribution in [0.3, 0.4) is 0 Å². The van der Waals surface area contributed by atoms with Crippen LogP contribution in [0.5, 0.6) is 0 Å². The quantitative estimate of drug-likeness (QED) is 0.187. The first-order valence-corrected chi connectivity index (χ1v) is 14.2. The van der Waals surface area contributed by atoms with E-state index in [1.54, 1.807) is 78.9 Å². The Morgan fingerprint density at radius 1 is 0.378 bits per heavy atom. The molecule has 0 saturated carbocycles. The Kier molecular flexibility index (Phi) is 3.39. The van der Waals surface area contributed by atoms with Gasteiger partial charge in [0.25, 0.3) is 0 Å². The summed E-state index contributed by atoms with van der Waals surface area (Å²) in [6.07, 6.45) is 0. The van der Waals surface area contributed by atoms with Crippen LogP contribution in [0.15, 0.2) is 174 Å². The van der Waals surface area contributed by atoms with Crippen molar-refractivity contribution in [2.75, 3.05) is 0 Å². The van der Waals surface area contributed by atoms with Crippen molar-refractivity contribution >= 4 is 43.5 Å². The van der Waals surface area contributed by atoms with E-state index in [0.717, 1.165) is 0 Å². The molecule has 0 spiro atoms. The lowest BCUT2D eigenvalue weighted by atomic mass is 9.83. The van der Waals surface area contributed by atoms with Crippen LogP contribution in [0, 0.1) is 0 Å². The minimum Gasteiger partial charge on any atom is -0.455 e. The summed E-state index contributed by atoms with van der Waals surface area (Å²) in [4.78, 5) is 0. The summed E-state index contributed by atoms with van der Waals surface area (Å²) in [5.41, 5.74) is 0.460. The molecule has 9 aromatic rings. The summed E-state index contributed by atoms with van der Waals surface area (Å²) >= 11 is 0. The molecule has 1 heterocycles. The maximum absolute atomic E-state index is 9.50. The molecular formula is C44H28O. The molecule has 45 heavy (non-hydrogen) atoms. The molecule has 0 aliphatic rings. The first-order valence-electron chi connectivity index (χ1n) is 21.7. The Balaban J connectivity index is 1.52. The van der Waals surface area contributed by atoms with E-state index in [4.69, 9.17) is 20.9 Å². The molecule has 1 heteroatoms. The van der Waals surface area contributed by atoms with Crippen molar-refractivity contribution in [1.29, 1.82) is 0 Å². The largest absolute Gasteiger partial charge is 0.455 e. The number of fused-ring (bicyclic) bond motifs is 5. The molecule has 1 nitrogen and oxygen atoms in total. The molecule has 0 N–H and O–H groups in total. The SMILES string of the molecule is [2H]c1c([2H])c([2H])c(-c2c([2H])c([2H])c([2H])c([2H])c2-c2c3ccccc3c(-c3c([2H])c([2H])c([2H])c4oc5c(-c6ccccc6)c([2H])c([2H])c([2H])c5c34)c3ccccc23)c([2H])c1[2H]. The van der Waals surface area contributed by atoms with Gasteiger partial charge in [0.1, 0.15) is 11.2 Å². The smallest absolute Gasteiger partial charge is 0.143 e. The molecule has 0 unspecified atom stereocenters. The van der Waals surface area contributed by atoms with E-state index in [-0.39, 0.29) is 67.9 Å². The van der Waals surface area contributed by atoms with Crippen LogP contribution in [0.25, 0.3) is 88.0 Å². The predicted molar refractivity (Wildman–Crippen MR) is 190 cm³/mol. The van der Waals surface area contributed by atoms with Crippen molar-refractivity contribution in [3.63, 3.8) is 0 Å². The van der Waals surface area contributed by atoms with E-state index in [1.807, 2.05) is 0 Å². The zero-order valence-corrected chi connectivity index (χ0v) is 23.4. The molecule has 0 aliphatic heterocycles. The fourth-order valence-corrected chi connectivity index (χ4v) is 6.20. The van der Waals surface area contributed by atoms with Gasteiger partial charge in [-0.25, -0.2) is 0 Å². The molecule has 0 saturated heterocycles. The van der Waals surface area contributed by atoms with Crippen molar-refractivity contribution in [2.45, 2.75) is 0 Å². The summed E-state index contributed by atoms with van der Waals surface area (Å²) in [7, 11) is 0. The Labute approximate surface area is 282 Å². The highest BCUT2D eigenvalue weighted by molar-refractivity contribution is 6.26. The third kappa shape index (κ3) is 4.02. The Bertz CT molecular complexity index is 3290. The predicted octanol–water partition coefficient (Wildman–Crippen LogP) is 12.6. The van der Waals surface area contributed by atoms with Crippen LogP contribution in [-0.4, -0.2) is 0 Å². The highest BCUT2D eigenvalue weighted by Gasteiger charge is 2.22. The third-order valence-electron chi connectivity index (χ3n) is 8.06. The Hall–Kier alpha value is -5.92. The van der Waals surface area contributed by atoms with Gasteiger partial charge in [0, 0.05) is 16.3 Å². The van der Waals surface area contributed by atoms with Crippen molar-refractivity contribution in [2.24, 2.45) is 0 Å². The summed E-state index contributed by atoms with van der Waals surface area (Å²) < 4.78 is 140. The molecule has 9 rings (SSSR count). The number of hydrogen-bond acceptors (Lipinski definition) is 1. The van der Waals surface area contributed by atoms with Crippen molar-refractivity contribution in [3.8, 4) is 44.5 Å². The lowest BCUT2D eigenvalue weighted by Crippen LogP contribution is -1.93. The summed E-state index contributed by atoms with van der Waals surface area (Å²) in [5.74, 6) is 0. The van der Waals surface area contributed by atoms with Gasteiger partial charge >= 0.3 is 0 Å². The van der Waals surface area contributed by atoms with Crippen LogP contribution in [0.2, 0.25) is 0 Å². The van der Waals surface area contributed by atoms with Gasteiger partial charge < -0.3 is 4.42 Å². The standard InChI is InChI=1S/C44H28O/c1-3-15-29(16-4-1)31-19-7-8-20-33(31)41-34-21-9-11-23-36(34)42(37-24-12-10-22-35(37)41)38-26-14-28-40-43(38)39-27-13-25-32(44(39)45-40)30-17-5-2-6-18-30/h1-28H/i1D,3D,4D,7D,8D,13D,14D,15D,16D,19D,20D,25D,26D,27D,28D. The second-order valence-electron chi connectivity index (χ2n) is 10.5. The zero-order valence-electron chi connectivity index (χ0n) is 38.4. The first kappa shape index (κ1) is 14.7. The molecule has 0 atom stereocenters. The molecule has 0 aliphatic carbocycles. The van der Waals surface area contributed by atoms with Crippen LogP contribution in [-0.2, 0) is 0 Å². The molecule has 8 aromatic carbocycles. The molecule has 210 valence electrons. The first-order chi connectivity index (χ1) is 28.6. The minimum atomic E-state index is -0.685. The van der Waals surface area contributed by atoms with E-state index in [1.165, 1.54) is 0 Å². The number of furan rings is 1. The van der Waals surface area contributed by atoms with Crippen LogP contribution >= 0.6 is 0 Å². The third-order valence-corrected chi connectivity index (χ3v) is 8.06. The molecule has 0 radical (unpaired) electrons. The maximum Gasteiger partial charge on any atom is 0.143 e. The molecular weight excluding hydrogens is 544 g/mol. The normalized spacial score (nSPS) is 16.2. The van der Waals surface area contributed by atoms with Gasteiger partial charge in [0.05, 0.1) is 20.6 Å². The van der Waals surface area contributed by atoms with Crippen LogP contribution in [0.1, 0.15) is 20.6 Å². The van der Waals surface area contributed by atoms with Gasteiger partial charge in [-0.1, -0.05) is 163 Å². The number of rotatable bonds is 4. The van der Waals surface area contributed by atoms with Gasteiger partial charge in [-0.3, -0.25) is 0 Å². The van der Waals surface area contributed by atoms with E-state index in [2.05, 4.69) is 0 Å². The van der Waals surface area contributed by atoms with Crippen molar-refractivity contribution in [3.05, 3.63) is 169 Å². The minimum absolute atomic E-state index is 0.0377. The second kappa shape index (κ2) is 10.4. The Morgan fingerprint density at radius 3 is 1.60 bits per heavy atom. The van der Waals surface area contributed by atoms with Crippen molar-refractivity contribution < 1.29 is 25.0 Å². The monoisotopic (exact) mass is 587 g/mol. The van der Waals surface area contributed by atoms with E-state index in [9.17, 15) is 4.11 Å². The van der Waals surface area contributed by atoms with Gasteiger partial charge in [0.2, 0.25) is 0 Å². The molecule has 1 aromatic heterocycles. The van der Waals surface area contributed by atoms with E-state index in [0.29, 0.717) is 32.7 Å². The average molecular weight is 588 g/mol. The van der Waals surface area contributed by atoms with E-state index < -0.39 is 78.1 Å². The molecule has 0 fully saturated rings. The van der Waals surface area contributed by atoms with Crippen LogP contribution < -0.4 is 0 Å². The summed E-state index contributed by atoms with van der Waals surface area (Å²) in [6.45, 7) is 0. The number of hydrogen-bond donors (Lipinski definition) is 0. The number of benzene rings is 8. The van der Waals surface area contributed by atoms with Crippen molar-refractivity contribution in [1.82, 2.24) is 0 Å². The van der Waals surface area contributed by atoms with Gasteiger partial charge in [-0.15, -0.1) is 0 Å². The highest BCUT2D eigenvalue weighted by atomic mass is 16.3. The van der Waals surface area contributed by atoms with E-state index >= 15 is 0 Å². The maximum atomic E-state index is 9.50. The van der Waals surface area contributed by atoms with Gasteiger partial charge in [0.15, 0.2) is 0 Å². The molecule has 0 amide bonds. The number of para-hydroxylation sites is 1. The fourth-order valence-electron chi connectivity index (χ4n) is 6.20. The topological polar surface area (TPSA) is 13.1 Å². The lowest BCUT2D eigenvalue weighted by Gasteiger charge is -2.20. The van der Waals surface area contributed by atoms with Crippen LogP contribution in [0.4, 0.5) is 0 Å². The van der Waals surface area contributed by atoms with Gasteiger partial charge in [-0.2, -0.15) is 0 Å². The fraction of sp³-hybridized carbons (Fsp3) is 0. The lowest BCUT2D eigenvalue weighted by molar-refractivity contribution is 0.670.